The molecule has 1 aromatic heterocycles. The second-order valence-electron chi connectivity index (χ2n) is 8.90. The molecule has 0 bridgehead atoms. The van der Waals surface area contributed by atoms with Gasteiger partial charge in [0, 0.05) is 36.2 Å². The number of unbranched alkanes of at least 4 members (excludes halogenated alkanes) is 2. The highest BCUT2D eigenvalue weighted by Crippen LogP contribution is 2.24. The van der Waals surface area contributed by atoms with Crippen molar-refractivity contribution in [1.29, 1.82) is 0 Å². The number of benzene rings is 3. The van der Waals surface area contributed by atoms with Gasteiger partial charge in [-0.1, -0.05) is 60.7 Å². The summed E-state index contributed by atoms with van der Waals surface area (Å²) in [6, 6.07) is 27.1. The number of rotatable bonds is 13. The topological polar surface area (TPSA) is 80.0 Å². The molecule has 0 radical (unpaired) electrons. The molecule has 37 heavy (non-hydrogen) atoms. The molecule has 0 atom stereocenters. The standard InChI is InChI=1S/C31H31NO5/c33-30(34)13-5-2-8-19-37-29-12-7-6-11-27(29)22-32(21-24-9-3-1-4-10-24)31(35)26-16-14-25(15-17-26)28-18-20-36-23-28/h1,3-4,6-7,9-12,14-18,20,23H,2,5,8,13,19,21-22H2,(H,33,34). The number of hydrogen-bond donors (Lipinski definition) is 1. The molecule has 4 rings (SSSR count). The highest BCUT2D eigenvalue weighted by molar-refractivity contribution is 5.94. The summed E-state index contributed by atoms with van der Waals surface area (Å²) >= 11 is 0. The van der Waals surface area contributed by atoms with Crippen molar-refractivity contribution in [2.24, 2.45) is 0 Å². The van der Waals surface area contributed by atoms with E-state index in [9.17, 15) is 9.59 Å². The summed E-state index contributed by atoms with van der Waals surface area (Å²) in [6.07, 6.45) is 5.70. The van der Waals surface area contributed by atoms with Crippen molar-refractivity contribution in [1.82, 2.24) is 4.90 Å². The smallest absolute Gasteiger partial charge is 0.303 e. The molecule has 190 valence electrons. The number of para-hydroxylation sites is 1. The molecule has 0 aliphatic carbocycles. The first kappa shape index (κ1) is 25.8. The fraction of sp³-hybridized carbons (Fsp3) is 0.226. The maximum absolute atomic E-state index is 13.7. The first-order valence-electron chi connectivity index (χ1n) is 12.5. The van der Waals surface area contributed by atoms with E-state index in [1.807, 2.05) is 89.8 Å². The van der Waals surface area contributed by atoms with Crippen molar-refractivity contribution in [2.45, 2.75) is 38.8 Å². The van der Waals surface area contributed by atoms with Gasteiger partial charge in [-0.15, -0.1) is 0 Å². The SMILES string of the molecule is O=C(O)CCCCCOc1ccccc1CN(Cc1ccccc1)C(=O)c1ccc(-c2ccoc2)cc1. The second kappa shape index (κ2) is 13.1. The van der Waals surface area contributed by atoms with Crippen LogP contribution in [0, 0.1) is 0 Å². The van der Waals surface area contributed by atoms with Gasteiger partial charge in [0.15, 0.2) is 0 Å². The van der Waals surface area contributed by atoms with E-state index >= 15 is 0 Å². The van der Waals surface area contributed by atoms with Gasteiger partial charge in [0.1, 0.15) is 5.75 Å². The molecular formula is C31H31NO5. The minimum Gasteiger partial charge on any atom is -0.493 e. The minimum absolute atomic E-state index is 0.0638. The Labute approximate surface area is 217 Å². The first-order chi connectivity index (χ1) is 18.1. The normalized spacial score (nSPS) is 10.7. The highest BCUT2D eigenvalue weighted by Gasteiger charge is 2.19. The first-order valence-corrected chi connectivity index (χ1v) is 12.5. The van der Waals surface area contributed by atoms with Crippen LogP contribution < -0.4 is 4.74 Å². The Morgan fingerprint density at radius 2 is 1.54 bits per heavy atom. The lowest BCUT2D eigenvalue weighted by Crippen LogP contribution is -2.30. The molecule has 0 aliphatic rings. The zero-order valence-corrected chi connectivity index (χ0v) is 20.7. The van der Waals surface area contributed by atoms with Gasteiger partial charge in [-0.2, -0.15) is 0 Å². The summed E-state index contributed by atoms with van der Waals surface area (Å²) in [7, 11) is 0. The van der Waals surface area contributed by atoms with E-state index in [0.29, 0.717) is 31.7 Å². The predicted octanol–water partition coefficient (Wildman–Crippen LogP) is 6.81. The third kappa shape index (κ3) is 7.58. The average molecular weight is 498 g/mol. The number of aliphatic carboxylic acids is 1. The van der Waals surface area contributed by atoms with Crippen LogP contribution in [0.5, 0.6) is 5.75 Å². The van der Waals surface area contributed by atoms with Crippen LogP contribution in [0.1, 0.15) is 47.2 Å². The largest absolute Gasteiger partial charge is 0.493 e. The van der Waals surface area contributed by atoms with Gasteiger partial charge in [-0.3, -0.25) is 9.59 Å². The number of ether oxygens (including phenoxy) is 1. The lowest BCUT2D eigenvalue weighted by molar-refractivity contribution is -0.137. The Morgan fingerprint density at radius 3 is 2.27 bits per heavy atom. The highest BCUT2D eigenvalue weighted by atomic mass is 16.5. The van der Waals surface area contributed by atoms with Crippen LogP contribution >= 0.6 is 0 Å². The molecule has 6 nitrogen and oxygen atoms in total. The van der Waals surface area contributed by atoms with Crippen molar-refractivity contribution in [3.63, 3.8) is 0 Å². The van der Waals surface area contributed by atoms with Gasteiger partial charge < -0.3 is 19.2 Å². The zero-order valence-electron chi connectivity index (χ0n) is 20.7. The molecule has 0 aliphatic heterocycles. The third-order valence-corrected chi connectivity index (χ3v) is 6.12. The molecule has 0 fully saturated rings. The van der Waals surface area contributed by atoms with Crippen molar-refractivity contribution >= 4 is 11.9 Å². The Kier molecular flexibility index (Phi) is 9.13. The third-order valence-electron chi connectivity index (χ3n) is 6.12. The van der Waals surface area contributed by atoms with Crippen LogP contribution in [-0.2, 0) is 17.9 Å². The number of carbonyl (C=O) groups is 2. The Balaban J connectivity index is 1.48. The molecule has 4 aromatic rings. The van der Waals surface area contributed by atoms with Gasteiger partial charge in [0.05, 0.1) is 19.1 Å². The predicted molar refractivity (Wildman–Crippen MR) is 142 cm³/mol. The number of nitrogens with zero attached hydrogens (tertiary/aromatic N) is 1. The van der Waals surface area contributed by atoms with Crippen LogP contribution in [0.3, 0.4) is 0 Å². The maximum atomic E-state index is 13.7. The Bertz CT molecular complexity index is 1270. The van der Waals surface area contributed by atoms with E-state index in [1.54, 1.807) is 12.5 Å². The van der Waals surface area contributed by atoms with Crippen molar-refractivity contribution in [3.05, 3.63) is 114 Å². The molecule has 0 saturated carbocycles. The zero-order chi connectivity index (χ0) is 25.9. The Morgan fingerprint density at radius 1 is 0.784 bits per heavy atom. The van der Waals surface area contributed by atoms with Gasteiger partial charge in [-0.05, 0) is 54.7 Å². The molecular weight excluding hydrogens is 466 g/mol. The van der Waals surface area contributed by atoms with Crippen molar-refractivity contribution in [2.75, 3.05) is 6.61 Å². The van der Waals surface area contributed by atoms with Gasteiger partial charge in [0.2, 0.25) is 0 Å². The van der Waals surface area contributed by atoms with Gasteiger partial charge in [-0.25, -0.2) is 0 Å². The van der Waals surface area contributed by atoms with Crippen LogP contribution in [0.15, 0.2) is 102 Å². The molecule has 0 spiro atoms. The molecule has 0 saturated heterocycles. The summed E-state index contributed by atoms with van der Waals surface area (Å²) < 4.78 is 11.2. The number of furan rings is 1. The molecule has 6 heteroatoms. The van der Waals surface area contributed by atoms with Gasteiger partial charge in [0.25, 0.3) is 5.91 Å². The fourth-order valence-electron chi connectivity index (χ4n) is 4.14. The van der Waals surface area contributed by atoms with E-state index < -0.39 is 5.97 Å². The molecule has 1 heterocycles. The molecule has 0 unspecified atom stereocenters. The lowest BCUT2D eigenvalue weighted by atomic mass is 10.1. The van der Waals surface area contributed by atoms with Gasteiger partial charge >= 0.3 is 5.97 Å². The van der Waals surface area contributed by atoms with Crippen LogP contribution in [0.2, 0.25) is 0 Å². The molecule has 1 amide bonds. The number of hydrogen-bond acceptors (Lipinski definition) is 4. The fourth-order valence-corrected chi connectivity index (χ4v) is 4.14. The lowest BCUT2D eigenvalue weighted by Gasteiger charge is -2.24. The van der Waals surface area contributed by atoms with E-state index in [2.05, 4.69) is 0 Å². The second-order valence-corrected chi connectivity index (χ2v) is 8.90. The number of carboxylic acids is 1. The summed E-state index contributed by atoms with van der Waals surface area (Å²) in [5.41, 5.74) is 4.53. The van der Waals surface area contributed by atoms with Crippen LogP contribution in [-0.4, -0.2) is 28.5 Å². The van der Waals surface area contributed by atoms with E-state index in [0.717, 1.165) is 40.8 Å². The van der Waals surface area contributed by atoms with Crippen molar-refractivity contribution < 1.29 is 23.8 Å². The number of carbonyl (C=O) groups excluding carboxylic acids is 1. The van der Waals surface area contributed by atoms with E-state index in [-0.39, 0.29) is 12.3 Å². The number of carboxylic acid groups (broad SMARTS) is 1. The summed E-state index contributed by atoms with van der Waals surface area (Å²) in [5.74, 6) is -0.0986. The summed E-state index contributed by atoms with van der Waals surface area (Å²) in [4.78, 5) is 26.2. The summed E-state index contributed by atoms with van der Waals surface area (Å²) in [6.45, 7) is 1.36. The van der Waals surface area contributed by atoms with Crippen LogP contribution in [0.4, 0.5) is 0 Å². The van der Waals surface area contributed by atoms with E-state index in [1.165, 1.54) is 0 Å². The molecule has 1 N–H and O–H groups in total. The van der Waals surface area contributed by atoms with Crippen LogP contribution in [0.25, 0.3) is 11.1 Å². The summed E-state index contributed by atoms with van der Waals surface area (Å²) in [5, 5.41) is 8.79. The number of amides is 1. The Hall–Kier alpha value is -4.32. The maximum Gasteiger partial charge on any atom is 0.303 e. The van der Waals surface area contributed by atoms with E-state index in [4.69, 9.17) is 14.3 Å². The van der Waals surface area contributed by atoms with Crippen molar-refractivity contribution in [3.8, 4) is 16.9 Å². The average Bonchev–Trinajstić information content (AvgIpc) is 3.46. The minimum atomic E-state index is -0.773. The monoisotopic (exact) mass is 497 g/mol. The molecule has 3 aromatic carbocycles. The quantitative estimate of drug-likeness (QED) is 0.205.